The lowest BCUT2D eigenvalue weighted by molar-refractivity contribution is -0.127. The maximum Gasteiger partial charge on any atom is 0.226 e. The highest BCUT2D eigenvalue weighted by atomic mass is 35.5. The molecule has 1 aliphatic carbocycles. The van der Waals surface area contributed by atoms with Crippen LogP contribution in [0.2, 0.25) is 0 Å². The van der Waals surface area contributed by atoms with Crippen LogP contribution in [0.4, 0.5) is 0 Å². The summed E-state index contributed by atoms with van der Waals surface area (Å²) in [7, 11) is 0. The molecule has 0 aromatic rings. The molecule has 0 spiro atoms. The van der Waals surface area contributed by atoms with Gasteiger partial charge in [0.05, 0.1) is 0 Å². The standard InChI is InChI=1S/C13H24N2O.ClH/c1-3-13(6-7-13)11(16)15-10-12(2)5-4-8-14-9-12;/h14H,3-10H2,1-2H3,(H,15,16);1H. The molecule has 1 saturated heterocycles. The summed E-state index contributed by atoms with van der Waals surface area (Å²) in [5, 5.41) is 6.58. The third-order valence-corrected chi connectivity index (χ3v) is 4.37. The van der Waals surface area contributed by atoms with E-state index >= 15 is 0 Å². The van der Waals surface area contributed by atoms with E-state index in [0.29, 0.717) is 5.91 Å². The lowest BCUT2D eigenvalue weighted by Gasteiger charge is -2.34. The molecular weight excluding hydrogens is 236 g/mol. The van der Waals surface area contributed by atoms with Crippen molar-refractivity contribution in [1.29, 1.82) is 0 Å². The number of carbonyl (C=O) groups excluding carboxylic acids is 1. The van der Waals surface area contributed by atoms with E-state index in [1.165, 1.54) is 12.8 Å². The highest BCUT2D eigenvalue weighted by molar-refractivity contribution is 5.85. The lowest BCUT2D eigenvalue weighted by Crippen LogP contribution is -2.47. The van der Waals surface area contributed by atoms with Gasteiger partial charge in [-0.2, -0.15) is 0 Å². The summed E-state index contributed by atoms with van der Waals surface area (Å²) >= 11 is 0. The fraction of sp³-hybridized carbons (Fsp3) is 0.923. The molecule has 1 heterocycles. The number of carbonyl (C=O) groups is 1. The molecule has 2 rings (SSSR count). The summed E-state index contributed by atoms with van der Waals surface area (Å²) in [5.74, 6) is 0.293. The van der Waals surface area contributed by atoms with Crippen molar-refractivity contribution in [2.75, 3.05) is 19.6 Å². The van der Waals surface area contributed by atoms with Crippen LogP contribution >= 0.6 is 12.4 Å². The summed E-state index contributed by atoms with van der Waals surface area (Å²) < 4.78 is 0. The van der Waals surface area contributed by atoms with Gasteiger partial charge in [-0.1, -0.05) is 13.8 Å². The largest absolute Gasteiger partial charge is 0.355 e. The first-order chi connectivity index (χ1) is 7.60. The molecule has 100 valence electrons. The highest BCUT2D eigenvalue weighted by Gasteiger charge is 2.48. The van der Waals surface area contributed by atoms with Gasteiger partial charge in [0.2, 0.25) is 5.91 Å². The van der Waals surface area contributed by atoms with Crippen LogP contribution in [0, 0.1) is 10.8 Å². The van der Waals surface area contributed by atoms with Crippen LogP contribution < -0.4 is 10.6 Å². The van der Waals surface area contributed by atoms with Gasteiger partial charge < -0.3 is 10.6 Å². The van der Waals surface area contributed by atoms with E-state index < -0.39 is 0 Å². The smallest absolute Gasteiger partial charge is 0.226 e. The van der Waals surface area contributed by atoms with E-state index in [9.17, 15) is 4.79 Å². The SMILES string of the molecule is CCC1(C(=O)NCC2(C)CCCNC2)CC1.Cl. The van der Waals surface area contributed by atoms with Crippen molar-refractivity contribution in [3.63, 3.8) is 0 Å². The molecule has 0 aromatic heterocycles. The van der Waals surface area contributed by atoms with Crippen LogP contribution in [0.3, 0.4) is 0 Å². The second-order valence-corrected chi connectivity index (χ2v) is 5.91. The lowest BCUT2D eigenvalue weighted by atomic mass is 9.82. The minimum atomic E-state index is 0. The Kier molecular flexibility index (Phi) is 4.85. The Bertz CT molecular complexity index is 271. The normalized spacial score (nSPS) is 30.2. The molecule has 1 saturated carbocycles. The minimum absolute atomic E-state index is 0. The van der Waals surface area contributed by atoms with Crippen molar-refractivity contribution in [3.05, 3.63) is 0 Å². The number of nitrogens with one attached hydrogen (secondary N) is 2. The minimum Gasteiger partial charge on any atom is -0.355 e. The Morgan fingerprint density at radius 3 is 2.53 bits per heavy atom. The van der Waals surface area contributed by atoms with Gasteiger partial charge in [0.1, 0.15) is 0 Å². The van der Waals surface area contributed by atoms with Crippen molar-refractivity contribution in [1.82, 2.24) is 10.6 Å². The van der Waals surface area contributed by atoms with Gasteiger partial charge in [0, 0.05) is 18.5 Å². The number of hydrogen-bond acceptors (Lipinski definition) is 2. The first-order valence-corrected chi connectivity index (χ1v) is 6.59. The summed E-state index contributed by atoms with van der Waals surface area (Å²) in [6.07, 6.45) is 5.62. The second kappa shape index (κ2) is 5.57. The molecule has 3 nitrogen and oxygen atoms in total. The average Bonchev–Trinajstić information content (AvgIpc) is 3.08. The van der Waals surface area contributed by atoms with E-state index in [1.54, 1.807) is 0 Å². The van der Waals surface area contributed by atoms with Crippen molar-refractivity contribution in [3.8, 4) is 0 Å². The Balaban J connectivity index is 0.00000144. The van der Waals surface area contributed by atoms with Gasteiger partial charge in [-0.15, -0.1) is 12.4 Å². The molecule has 2 aliphatic rings. The van der Waals surface area contributed by atoms with Crippen molar-refractivity contribution < 1.29 is 4.79 Å². The molecule has 0 bridgehead atoms. The van der Waals surface area contributed by atoms with Crippen LogP contribution in [-0.4, -0.2) is 25.5 Å². The average molecular weight is 261 g/mol. The second-order valence-electron chi connectivity index (χ2n) is 5.91. The van der Waals surface area contributed by atoms with Gasteiger partial charge in [-0.05, 0) is 44.1 Å². The molecule has 0 aromatic carbocycles. The Hall–Kier alpha value is -0.280. The zero-order chi connectivity index (χ0) is 11.6. The molecule has 1 atom stereocenters. The summed E-state index contributed by atoms with van der Waals surface area (Å²) in [6.45, 7) is 7.39. The number of rotatable bonds is 4. The summed E-state index contributed by atoms with van der Waals surface area (Å²) in [5.41, 5.74) is 0.274. The van der Waals surface area contributed by atoms with Crippen molar-refractivity contribution in [2.45, 2.75) is 46.0 Å². The van der Waals surface area contributed by atoms with Crippen LogP contribution in [0.5, 0.6) is 0 Å². The predicted octanol–water partition coefficient (Wildman–Crippen LogP) is 2.10. The Labute approximate surface area is 111 Å². The van der Waals surface area contributed by atoms with Crippen LogP contribution in [-0.2, 0) is 4.79 Å². The first-order valence-electron chi connectivity index (χ1n) is 6.59. The topological polar surface area (TPSA) is 41.1 Å². The highest BCUT2D eigenvalue weighted by Crippen LogP contribution is 2.48. The van der Waals surface area contributed by atoms with Crippen molar-refractivity contribution >= 4 is 18.3 Å². The van der Waals surface area contributed by atoms with Crippen LogP contribution in [0.15, 0.2) is 0 Å². The third-order valence-electron chi connectivity index (χ3n) is 4.37. The van der Waals surface area contributed by atoms with Gasteiger partial charge in [0.25, 0.3) is 0 Å². The third kappa shape index (κ3) is 3.35. The van der Waals surface area contributed by atoms with Crippen molar-refractivity contribution in [2.24, 2.45) is 10.8 Å². The van der Waals surface area contributed by atoms with Gasteiger partial charge in [-0.3, -0.25) is 4.79 Å². The number of amides is 1. The molecule has 0 radical (unpaired) electrons. The molecule has 1 amide bonds. The Morgan fingerprint density at radius 2 is 2.06 bits per heavy atom. The molecule has 1 aliphatic heterocycles. The molecule has 2 fully saturated rings. The first kappa shape index (κ1) is 14.8. The number of piperidine rings is 1. The quantitative estimate of drug-likeness (QED) is 0.813. The Morgan fingerprint density at radius 1 is 1.35 bits per heavy atom. The molecule has 2 N–H and O–H groups in total. The maximum atomic E-state index is 12.0. The van der Waals surface area contributed by atoms with Crippen LogP contribution in [0.1, 0.15) is 46.0 Å². The number of hydrogen-bond donors (Lipinski definition) is 2. The monoisotopic (exact) mass is 260 g/mol. The van der Waals surface area contributed by atoms with E-state index in [-0.39, 0.29) is 23.2 Å². The van der Waals surface area contributed by atoms with E-state index in [4.69, 9.17) is 0 Å². The van der Waals surface area contributed by atoms with Gasteiger partial charge in [0.15, 0.2) is 0 Å². The van der Waals surface area contributed by atoms with Gasteiger partial charge >= 0.3 is 0 Å². The zero-order valence-corrected chi connectivity index (χ0v) is 11.8. The maximum absolute atomic E-state index is 12.0. The molecule has 17 heavy (non-hydrogen) atoms. The van der Waals surface area contributed by atoms with E-state index in [2.05, 4.69) is 24.5 Å². The molecule has 4 heteroatoms. The van der Waals surface area contributed by atoms with E-state index in [1.807, 2.05) is 0 Å². The van der Waals surface area contributed by atoms with Gasteiger partial charge in [-0.25, -0.2) is 0 Å². The summed E-state index contributed by atoms with van der Waals surface area (Å²) in [4.78, 5) is 12.0. The fourth-order valence-electron chi connectivity index (χ4n) is 2.64. The summed E-state index contributed by atoms with van der Waals surface area (Å²) in [6, 6.07) is 0. The fourth-order valence-corrected chi connectivity index (χ4v) is 2.64. The predicted molar refractivity (Wildman–Crippen MR) is 72.4 cm³/mol. The van der Waals surface area contributed by atoms with Crippen LogP contribution in [0.25, 0.3) is 0 Å². The molecular formula is C13H25ClN2O. The zero-order valence-electron chi connectivity index (χ0n) is 11.0. The number of halogens is 1. The van der Waals surface area contributed by atoms with E-state index in [0.717, 1.165) is 38.9 Å². The molecule has 1 unspecified atom stereocenters.